The summed E-state index contributed by atoms with van der Waals surface area (Å²) in [6.45, 7) is 5.81. The van der Waals surface area contributed by atoms with E-state index in [1.54, 1.807) is 24.3 Å². The maximum atomic E-state index is 12.6. The second-order valence-electron chi connectivity index (χ2n) is 7.74. The third-order valence-electron chi connectivity index (χ3n) is 5.48. The lowest BCUT2D eigenvalue weighted by atomic mass is 10.3. The second-order valence-corrected chi connectivity index (χ2v) is 11.0. The molecule has 1 aliphatic heterocycles. The highest BCUT2D eigenvalue weighted by Crippen LogP contribution is 2.40. The molecule has 0 bridgehead atoms. The van der Waals surface area contributed by atoms with Crippen molar-refractivity contribution in [3.63, 3.8) is 0 Å². The lowest BCUT2D eigenvalue weighted by Crippen LogP contribution is -2.27. The fraction of sp³-hybridized carbons (Fsp3) is 0.550. The summed E-state index contributed by atoms with van der Waals surface area (Å²) >= 11 is 1.39. The number of carbonyl (C=O) groups is 1. The number of thioether (sulfide) groups is 1. The molecule has 2 aromatic rings. The van der Waals surface area contributed by atoms with Gasteiger partial charge in [0.2, 0.25) is 15.9 Å². The monoisotopic (exact) mass is 449 g/mol. The van der Waals surface area contributed by atoms with Crippen molar-refractivity contribution >= 4 is 33.4 Å². The first-order chi connectivity index (χ1) is 14.4. The molecular weight excluding hydrogens is 422 g/mol. The van der Waals surface area contributed by atoms with Gasteiger partial charge in [-0.3, -0.25) is 4.79 Å². The van der Waals surface area contributed by atoms with Crippen molar-refractivity contribution < 1.29 is 13.2 Å². The molecule has 10 heteroatoms. The summed E-state index contributed by atoms with van der Waals surface area (Å²) in [4.78, 5) is 12.9. The molecule has 1 aromatic heterocycles. The first kappa shape index (κ1) is 21.3. The number of hydrogen-bond acceptors (Lipinski definition) is 6. The topological polar surface area (TPSA) is 97.2 Å². The Bertz CT molecular complexity index is 1010. The summed E-state index contributed by atoms with van der Waals surface area (Å²) in [5, 5.41) is 11.8. The van der Waals surface area contributed by atoms with Gasteiger partial charge in [-0.05, 0) is 63.8 Å². The Balaban J connectivity index is 1.39. The van der Waals surface area contributed by atoms with E-state index < -0.39 is 10.0 Å². The van der Waals surface area contributed by atoms with Crippen LogP contribution in [0.2, 0.25) is 0 Å². The first-order valence-corrected chi connectivity index (χ1v) is 12.7. The molecule has 1 aromatic carbocycles. The number of hydrogen-bond donors (Lipinski definition) is 1. The van der Waals surface area contributed by atoms with Gasteiger partial charge in [0.25, 0.3) is 0 Å². The molecule has 4 rings (SSSR count). The molecule has 1 N–H and O–H groups in total. The van der Waals surface area contributed by atoms with Crippen molar-refractivity contribution in [2.45, 2.75) is 67.3 Å². The minimum absolute atomic E-state index is 0.159. The largest absolute Gasteiger partial charge is 0.325 e. The fourth-order valence-corrected chi connectivity index (χ4v) is 6.01. The number of sulfonamides is 1. The second kappa shape index (κ2) is 8.68. The van der Waals surface area contributed by atoms with E-state index in [1.807, 2.05) is 6.92 Å². The number of nitrogens with one attached hydrogen (secondary N) is 1. The van der Waals surface area contributed by atoms with Crippen LogP contribution in [0.3, 0.4) is 0 Å². The van der Waals surface area contributed by atoms with E-state index in [2.05, 4.69) is 27.0 Å². The Hall–Kier alpha value is -1.91. The Morgan fingerprint density at radius 2 is 1.87 bits per heavy atom. The maximum Gasteiger partial charge on any atom is 0.243 e. The quantitative estimate of drug-likeness (QED) is 0.622. The highest BCUT2D eigenvalue weighted by atomic mass is 32.2. The minimum atomic E-state index is -3.45. The van der Waals surface area contributed by atoms with Gasteiger partial charge in [-0.1, -0.05) is 11.8 Å². The Labute approximate surface area is 181 Å². The van der Waals surface area contributed by atoms with E-state index in [0.717, 1.165) is 43.2 Å². The standard InChI is InChI=1S/C20H27N5O3S2/c1-3-25-18(15-6-7-15)22-23-20(25)29-14(2)19(26)21-16-8-10-17(11-9-16)30(27,28)24-12-4-5-13-24/h8-11,14-15H,3-7,12-13H2,1-2H3,(H,21,26)/t14-/m0/s1. The average molecular weight is 450 g/mol. The van der Waals surface area contributed by atoms with Crippen LogP contribution in [-0.2, 0) is 21.4 Å². The highest BCUT2D eigenvalue weighted by molar-refractivity contribution is 8.00. The first-order valence-electron chi connectivity index (χ1n) is 10.4. The molecule has 2 heterocycles. The van der Waals surface area contributed by atoms with E-state index in [1.165, 1.54) is 16.1 Å². The normalized spacial score (nSPS) is 18.5. The summed E-state index contributed by atoms with van der Waals surface area (Å²) in [6.07, 6.45) is 4.11. The maximum absolute atomic E-state index is 12.6. The lowest BCUT2D eigenvalue weighted by Gasteiger charge is -2.16. The molecule has 1 saturated carbocycles. The number of nitrogens with zero attached hydrogens (tertiary/aromatic N) is 4. The molecule has 2 fully saturated rings. The van der Waals surface area contributed by atoms with Crippen molar-refractivity contribution in [2.75, 3.05) is 18.4 Å². The molecule has 162 valence electrons. The number of amides is 1. The van der Waals surface area contributed by atoms with Crippen LogP contribution in [0.4, 0.5) is 5.69 Å². The van der Waals surface area contributed by atoms with Gasteiger partial charge in [0, 0.05) is 31.2 Å². The van der Waals surface area contributed by atoms with Gasteiger partial charge in [-0.2, -0.15) is 4.31 Å². The van der Waals surface area contributed by atoms with Crippen LogP contribution in [0.15, 0.2) is 34.3 Å². The third kappa shape index (κ3) is 4.40. The molecular formula is C20H27N5O3S2. The van der Waals surface area contributed by atoms with Gasteiger partial charge in [0.1, 0.15) is 5.82 Å². The molecule has 8 nitrogen and oxygen atoms in total. The molecule has 0 unspecified atom stereocenters. The van der Waals surface area contributed by atoms with Gasteiger partial charge in [0.15, 0.2) is 5.16 Å². The predicted octanol–water partition coefficient (Wildman–Crippen LogP) is 3.08. The Morgan fingerprint density at radius 1 is 1.20 bits per heavy atom. The smallest absolute Gasteiger partial charge is 0.243 e. The van der Waals surface area contributed by atoms with Gasteiger partial charge >= 0.3 is 0 Å². The number of aromatic nitrogens is 3. The van der Waals surface area contributed by atoms with Gasteiger partial charge in [0.05, 0.1) is 10.1 Å². The van der Waals surface area contributed by atoms with Crippen molar-refractivity contribution in [2.24, 2.45) is 0 Å². The molecule has 1 atom stereocenters. The zero-order valence-corrected chi connectivity index (χ0v) is 18.9. The average Bonchev–Trinajstić information content (AvgIpc) is 3.26. The zero-order chi connectivity index (χ0) is 21.3. The summed E-state index contributed by atoms with van der Waals surface area (Å²) in [5.74, 6) is 1.36. The van der Waals surface area contributed by atoms with Crippen LogP contribution < -0.4 is 5.32 Å². The van der Waals surface area contributed by atoms with Crippen LogP contribution in [0.5, 0.6) is 0 Å². The summed E-state index contributed by atoms with van der Waals surface area (Å²) < 4.78 is 28.8. The van der Waals surface area contributed by atoms with Crippen LogP contribution >= 0.6 is 11.8 Å². The molecule has 0 spiro atoms. The minimum Gasteiger partial charge on any atom is -0.325 e. The van der Waals surface area contributed by atoms with Crippen molar-refractivity contribution in [1.29, 1.82) is 0 Å². The van der Waals surface area contributed by atoms with E-state index in [-0.39, 0.29) is 16.1 Å². The molecule has 1 aliphatic carbocycles. The van der Waals surface area contributed by atoms with Gasteiger partial charge in [-0.25, -0.2) is 8.42 Å². The molecule has 30 heavy (non-hydrogen) atoms. The van der Waals surface area contributed by atoms with Crippen LogP contribution in [0, 0.1) is 0 Å². The zero-order valence-electron chi connectivity index (χ0n) is 17.2. The molecule has 1 saturated heterocycles. The third-order valence-corrected chi connectivity index (χ3v) is 8.47. The van der Waals surface area contributed by atoms with E-state index in [9.17, 15) is 13.2 Å². The summed E-state index contributed by atoms with van der Waals surface area (Å²) in [7, 11) is -3.45. The molecule has 1 amide bonds. The predicted molar refractivity (Wildman–Crippen MR) is 116 cm³/mol. The van der Waals surface area contributed by atoms with Crippen LogP contribution in [-0.4, -0.2) is 51.7 Å². The molecule has 0 radical (unpaired) electrons. The number of benzene rings is 1. The van der Waals surface area contributed by atoms with E-state index >= 15 is 0 Å². The number of rotatable bonds is 8. The summed E-state index contributed by atoms with van der Waals surface area (Å²) in [6, 6.07) is 6.38. The Morgan fingerprint density at radius 3 is 2.47 bits per heavy atom. The highest BCUT2D eigenvalue weighted by Gasteiger charge is 2.31. The number of anilines is 1. The van der Waals surface area contributed by atoms with Crippen molar-refractivity contribution in [1.82, 2.24) is 19.1 Å². The van der Waals surface area contributed by atoms with Gasteiger partial charge in [-0.15, -0.1) is 10.2 Å². The fourth-order valence-electron chi connectivity index (χ4n) is 3.57. The lowest BCUT2D eigenvalue weighted by molar-refractivity contribution is -0.115. The SMILES string of the molecule is CCn1c(S[C@@H](C)C(=O)Nc2ccc(S(=O)(=O)N3CCCC3)cc2)nnc1C1CC1. The van der Waals surface area contributed by atoms with Crippen molar-refractivity contribution in [3.05, 3.63) is 30.1 Å². The number of carbonyl (C=O) groups excluding carboxylic acids is 1. The molecule has 2 aliphatic rings. The van der Waals surface area contributed by atoms with Crippen LogP contribution in [0.25, 0.3) is 0 Å². The van der Waals surface area contributed by atoms with Crippen molar-refractivity contribution in [3.8, 4) is 0 Å². The van der Waals surface area contributed by atoms with E-state index in [0.29, 0.717) is 24.7 Å². The van der Waals surface area contributed by atoms with Gasteiger partial charge < -0.3 is 9.88 Å². The van der Waals surface area contributed by atoms with E-state index in [4.69, 9.17) is 0 Å². The van der Waals surface area contributed by atoms with Crippen LogP contribution in [0.1, 0.15) is 51.3 Å². The summed E-state index contributed by atoms with van der Waals surface area (Å²) in [5.41, 5.74) is 0.573. The Kier molecular flexibility index (Phi) is 6.17.